The molecular formula is C11H24N2O2. The van der Waals surface area contributed by atoms with Gasteiger partial charge in [0.25, 0.3) is 0 Å². The van der Waals surface area contributed by atoms with Crippen LogP contribution >= 0.6 is 0 Å². The zero-order valence-corrected chi connectivity index (χ0v) is 10.1. The number of aliphatic hydroxyl groups excluding tert-OH is 1. The lowest BCUT2D eigenvalue weighted by Gasteiger charge is -2.21. The minimum atomic E-state index is -0.326. The first-order valence-corrected chi connectivity index (χ1v) is 5.80. The van der Waals surface area contributed by atoms with E-state index in [1.807, 2.05) is 0 Å². The zero-order valence-electron chi connectivity index (χ0n) is 10.1. The fourth-order valence-corrected chi connectivity index (χ4v) is 1.61. The average molecular weight is 216 g/mol. The summed E-state index contributed by atoms with van der Waals surface area (Å²) in [5, 5.41) is 12.8. The highest BCUT2D eigenvalue weighted by molar-refractivity contribution is 4.80. The molecule has 0 aromatic rings. The van der Waals surface area contributed by atoms with Gasteiger partial charge in [-0.2, -0.15) is 0 Å². The number of nitrogens with one attached hydrogen (secondary N) is 1. The molecule has 1 rings (SSSR count). The minimum absolute atomic E-state index is 0.134. The van der Waals surface area contributed by atoms with Gasteiger partial charge < -0.3 is 20.1 Å². The molecule has 2 unspecified atom stereocenters. The molecule has 1 fully saturated rings. The number of hydrogen-bond donors (Lipinski definition) is 2. The molecule has 0 bridgehead atoms. The summed E-state index contributed by atoms with van der Waals surface area (Å²) in [5.74, 6) is 0. The fraction of sp³-hybridized carbons (Fsp3) is 1.00. The van der Waals surface area contributed by atoms with E-state index < -0.39 is 0 Å². The first-order valence-electron chi connectivity index (χ1n) is 5.80. The van der Waals surface area contributed by atoms with Crippen molar-refractivity contribution in [2.24, 2.45) is 0 Å². The summed E-state index contributed by atoms with van der Waals surface area (Å²) < 4.78 is 5.16. The van der Waals surface area contributed by atoms with Gasteiger partial charge in [-0.15, -0.1) is 0 Å². The van der Waals surface area contributed by atoms with Crippen molar-refractivity contribution in [1.82, 2.24) is 10.2 Å². The lowest BCUT2D eigenvalue weighted by atomic mass is 10.2. The summed E-state index contributed by atoms with van der Waals surface area (Å²) in [4.78, 5) is 2.32. The van der Waals surface area contributed by atoms with Crippen LogP contribution in [0.15, 0.2) is 0 Å². The summed E-state index contributed by atoms with van der Waals surface area (Å²) in [6, 6.07) is 0.736. The lowest BCUT2D eigenvalue weighted by molar-refractivity contribution is 0.122. The zero-order chi connectivity index (χ0) is 11.3. The van der Waals surface area contributed by atoms with Gasteiger partial charge in [0, 0.05) is 6.04 Å². The van der Waals surface area contributed by atoms with E-state index in [1.54, 1.807) is 0 Å². The van der Waals surface area contributed by atoms with E-state index in [2.05, 4.69) is 31.1 Å². The second-order valence-electron chi connectivity index (χ2n) is 4.59. The van der Waals surface area contributed by atoms with Crippen molar-refractivity contribution in [3.05, 3.63) is 0 Å². The van der Waals surface area contributed by atoms with Crippen LogP contribution in [0.2, 0.25) is 0 Å². The highest BCUT2D eigenvalue weighted by Crippen LogP contribution is 2.04. The molecule has 0 aliphatic carbocycles. The molecule has 0 radical (unpaired) electrons. The molecule has 0 amide bonds. The standard InChI is InChI=1S/C11H24N2O2/c1-9(2)13(3)6-4-5-12-10-7-15-8-11(10)14/h9-12,14H,4-8H2,1-3H3. The normalized spacial score (nSPS) is 26.8. The fourth-order valence-electron chi connectivity index (χ4n) is 1.61. The van der Waals surface area contributed by atoms with E-state index in [9.17, 15) is 5.11 Å². The van der Waals surface area contributed by atoms with Crippen molar-refractivity contribution >= 4 is 0 Å². The van der Waals surface area contributed by atoms with E-state index >= 15 is 0 Å². The van der Waals surface area contributed by atoms with Crippen LogP contribution in [-0.2, 0) is 4.74 Å². The van der Waals surface area contributed by atoms with Gasteiger partial charge >= 0.3 is 0 Å². The first-order chi connectivity index (χ1) is 7.11. The van der Waals surface area contributed by atoms with Crippen molar-refractivity contribution in [2.75, 3.05) is 33.4 Å². The van der Waals surface area contributed by atoms with E-state index in [1.165, 1.54) is 0 Å². The van der Waals surface area contributed by atoms with Crippen LogP contribution in [0, 0.1) is 0 Å². The minimum Gasteiger partial charge on any atom is -0.389 e. The van der Waals surface area contributed by atoms with Gasteiger partial charge in [-0.1, -0.05) is 0 Å². The smallest absolute Gasteiger partial charge is 0.0948 e. The van der Waals surface area contributed by atoms with Gasteiger partial charge in [0.05, 0.1) is 25.4 Å². The highest BCUT2D eigenvalue weighted by atomic mass is 16.5. The lowest BCUT2D eigenvalue weighted by Crippen LogP contribution is -2.40. The number of rotatable bonds is 6. The Morgan fingerprint density at radius 2 is 2.20 bits per heavy atom. The molecular weight excluding hydrogens is 192 g/mol. The summed E-state index contributed by atoms with van der Waals surface area (Å²) in [7, 11) is 2.14. The van der Waals surface area contributed by atoms with Gasteiger partial charge in [0.1, 0.15) is 0 Å². The summed E-state index contributed by atoms with van der Waals surface area (Å²) in [6.07, 6.45) is 0.783. The molecule has 2 N–H and O–H groups in total. The van der Waals surface area contributed by atoms with Gasteiger partial charge in [0.15, 0.2) is 0 Å². The Kier molecular flexibility index (Phi) is 5.53. The Morgan fingerprint density at radius 3 is 2.73 bits per heavy atom. The summed E-state index contributed by atoms with van der Waals surface area (Å²) in [5.41, 5.74) is 0. The van der Waals surface area contributed by atoms with Crippen LogP contribution < -0.4 is 5.32 Å². The average Bonchev–Trinajstić information content (AvgIpc) is 2.58. The van der Waals surface area contributed by atoms with Crippen molar-refractivity contribution in [3.8, 4) is 0 Å². The molecule has 0 aromatic carbocycles. The number of hydrogen-bond acceptors (Lipinski definition) is 4. The highest BCUT2D eigenvalue weighted by Gasteiger charge is 2.24. The molecule has 4 nitrogen and oxygen atoms in total. The third-order valence-corrected chi connectivity index (χ3v) is 3.03. The molecule has 0 spiro atoms. The number of nitrogens with zero attached hydrogens (tertiary/aromatic N) is 1. The van der Waals surface area contributed by atoms with Crippen molar-refractivity contribution in [3.63, 3.8) is 0 Å². The Balaban J connectivity index is 2.01. The molecule has 0 aromatic heterocycles. The third kappa shape index (κ3) is 4.47. The molecule has 1 aliphatic heterocycles. The topological polar surface area (TPSA) is 44.7 Å². The molecule has 0 saturated carbocycles. The van der Waals surface area contributed by atoms with E-state index in [-0.39, 0.29) is 12.1 Å². The van der Waals surface area contributed by atoms with Crippen LogP contribution in [0.25, 0.3) is 0 Å². The largest absolute Gasteiger partial charge is 0.389 e. The third-order valence-electron chi connectivity index (χ3n) is 3.03. The quantitative estimate of drug-likeness (QED) is 0.617. The Labute approximate surface area is 92.6 Å². The predicted molar refractivity (Wildman–Crippen MR) is 61.0 cm³/mol. The molecule has 15 heavy (non-hydrogen) atoms. The number of ether oxygens (including phenoxy) is 1. The van der Waals surface area contributed by atoms with Gasteiger partial charge in [-0.3, -0.25) is 0 Å². The molecule has 90 valence electrons. The van der Waals surface area contributed by atoms with Crippen molar-refractivity contribution < 1.29 is 9.84 Å². The number of aliphatic hydroxyl groups is 1. The molecule has 4 heteroatoms. The van der Waals surface area contributed by atoms with Crippen LogP contribution in [-0.4, -0.2) is 61.5 Å². The monoisotopic (exact) mass is 216 g/mol. The van der Waals surface area contributed by atoms with Gasteiger partial charge in [-0.25, -0.2) is 0 Å². The van der Waals surface area contributed by atoms with Crippen LogP contribution in [0.1, 0.15) is 20.3 Å². The predicted octanol–water partition coefficient (Wildman–Crippen LogP) is 0.0660. The van der Waals surface area contributed by atoms with Gasteiger partial charge in [-0.05, 0) is 40.4 Å². The molecule has 1 saturated heterocycles. The maximum absolute atomic E-state index is 9.49. The van der Waals surface area contributed by atoms with E-state index in [0.717, 1.165) is 19.5 Å². The van der Waals surface area contributed by atoms with Crippen LogP contribution in [0.5, 0.6) is 0 Å². The molecule has 1 heterocycles. The molecule has 1 aliphatic rings. The SMILES string of the molecule is CC(C)N(C)CCCNC1COCC1O. The van der Waals surface area contributed by atoms with Crippen molar-refractivity contribution in [2.45, 2.75) is 38.5 Å². The maximum atomic E-state index is 9.49. The van der Waals surface area contributed by atoms with Crippen LogP contribution in [0.3, 0.4) is 0 Å². The summed E-state index contributed by atoms with van der Waals surface area (Å²) in [6.45, 7) is 7.55. The Morgan fingerprint density at radius 1 is 1.47 bits per heavy atom. The molecule has 2 atom stereocenters. The van der Waals surface area contributed by atoms with Crippen molar-refractivity contribution in [1.29, 1.82) is 0 Å². The Hall–Kier alpha value is -0.160. The first kappa shape index (κ1) is 12.9. The second-order valence-corrected chi connectivity index (χ2v) is 4.59. The van der Waals surface area contributed by atoms with Crippen LogP contribution in [0.4, 0.5) is 0 Å². The van der Waals surface area contributed by atoms with Gasteiger partial charge in [0.2, 0.25) is 0 Å². The maximum Gasteiger partial charge on any atom is 0.0948 e. The van der Waals surface area contributed by atoms with E-state index in [0.29, 0.717) is 19.3 Å². The summed E-state index contributed by atoms with van der Waals surface area (Å²) >= 11 is 0. The second kappa shape index (κ2) is 6.43. The van der Waals surface area contributed by atoms with E-state index in [4.69, 9.17) is 4.74 Å². The Bertz CT molecular complexity index is 176.